The number of hydrogen-bond donors (Lipinski definition) is 0. The molecule has 0 aliphatic heterocycles. The van der Waals surface area contributed by atoms with Gasteiger partial charge in [-0.15, -0.1) is 0 Å². The van der Waals surface area contributed by atoms with Crippen molar-refractivity contribution in [1.29, 1.82) is 0 Å². The van der Waals surface area contributed by atoms with Crippen molar-refractivity contribution in [2.24, 2.45) is 5.92 Å². The summed E-state index contributed by atoms with van der Waals surface area (Å²) in [5.41, 5.74) is 0. The lowest BCUT2D eigenvalue weighted by Gasteiger charge is -2.23. The fourth-order valence-corrected chi connectivity index (χ4v) is 4.80. The normalized spacial score (nSPS) is 19.4. The minimum atomic E-state index is -3.48. The summed E-state index contributed by atoms with van der Waals surface area (Å²) in [4.78, 5) is 0.266. The molecule has 0 N–H and O–H groups in total. The third-order valence-corrected chi connectivity index (χ3v) is 6.23. The molecule has 6 heteroatoms. The van der Waals surface area contributed by atoms with Crippen LogP contribution >= 0.6 is 15.9 Å². The first-order chi connectivity index (χ1) is 9.52. The minimum Gasteiger partial charge on any atom is -0.495 e. The number of nitrogens with zero attached hydrogens (tertiary/aromatic N) is 1. The minimum absolute atomic E-state index is 0.185. The Bertz CT molecular complexity index is 609. The predicted molar refractivity (Wildman–Crippen MR) is 80.3 cm³/mol. The van der Waals surface area contributed by atoms with Crippen molar-refractivity contribution in [2.45, 2.75) is 36.6 Å². The zero-order valence-corrected chi connectivity index (χ0v) is 13.8. The van der Waals surface area contributed by atoms with E-state index in [4.69, 9.17) is 4.74 Å². The zero-order chi connectivity index (χ0) is 14.3. The van der Waals surface area contributed by atoms with Gasteiger partial charge in [0.05, 0.1) is 7.11 Å². The highest BCUT2D eigenvalue weighted by atomic mass is 79.9. The molecule has 3 rings (SSSR count). The maximum Gasteiger partial charge on any atom is 0.247 e. The summed E-state index contributed by atoms with van der Waals surface area (Å²) in [6, 6.07) is 5.31. The quantitative estimate of drug-likeness (QED) is 0.784. The average Bonchev–Trinajstić information content (AvgIpc) is 3.27. The first kappa shape index (κ1) is 14.4. The number of benzene rings is 1. The molecule has 0 bridgehead atoms. The van der Waals surface area contributed by atoms with Crippen LogP contribution in [-0.4, -0.2) is 32.4 Å². The molecule has 110 valence electrons. The Hall–Kier alpha value is -0.590. The van der Waals surface area contributed by atoms with Crippen LogP contribution in [0.3, 0.4) is 0 Å². The van der Waals surface area contributed by atoms with Gasteiger partial charge in [-0.3, -0.25) is 0 Å². The summed E-state index contributed by atoms with van der Waals surface area (Å²) >= 11 is 3.34. The summed E-state index contributed by atoms with van der Waals surface area (Å²) in [7, 11) is -1.98. The standard InChI is InChI=1S/C14H18BrNO3S/c1-19-13-7-4-11(15)8-14(13)20(17,18)16(12-5-6-12)9-10-2-3-10/h4,7-8,10,12H,2-3,5-6,9H2,1H3. The van der Waals surface area contributed by atoms with Crippen molar-refractivity contribution in [1.82, 2.24) is 4.31 Å². The van der Waals surface area contributed by atoms with E-state index < -0.39 is 10.0 Å². The molecule has 2 aliphatic carbocycles. The van der Waals surface area contributed by atoms with E-state index in [1.807, 2.05) is 0 Å². The molecule has 1 aromatic rings. The molecule has 2 fully saturated rings. The first-order valence-corrected chi connectivity index (χ1v) is 9.11. The van der Waals surface area contributed by atoms with Gasteiger partial charge in [-0.2, -0.15) is 4.31 Å². The zero-order valence-electron chi connectivity index (χ0n) is 11.4. The fourth-order valence-electron chi connectivity index (χ4n) is 2.34. The summed E-state index contributed by atoms with van der Waals surface area (Å²) < 4.78 is 33.5. The molecule has 0 atom stereocenters. The molecule has 0 amide bonds. The summed E-state index contributed by atoms with van der Waals surface area (Å²) in [6.45, 7) is 0.655. The third kappa shape index (κ3) is 2.87. The van der Waals surface area contributed by atoms with Crippen molar-refractivity contribution in [3.63, 3.8) is 0 Å². The average molecular weight is 360 g/mol. The van der Waals surface area contributed by atoms with Gasteiger partial charge in [0.2, 0.25) is 10.0 Å². The lowest BCUT2D eigenvalue weighted by Crippen LogP contribution is -2.35. The van der Waals surface area contributed by atoms with E-state index in [0.717, 1.165) is 30.2 Å². The van der Waals surface area contributed by atoms with Gasteiger partial charge in [-0.25, -0.2) is 8.42 Å². The number of methoxy groups -OCH3 is 1. The maximum atomic E-state index is 12.9. The molecule has 2 aliphatic rings. The number of hydrogen-bond acceptors (Lipinski definition) is 3. The molecule has 2 saturated carbocycles. The molecule has 0 heterocycles. The van der Waals surface area contributed by atoms with Crippen molar-refractivity contribution in [3.8, 4) is 5.75 Å². The maximum absolute atomic E-state index is 12.9. The van der Waals surface area contributed by atoms with Crippen molar-refractivity contribution in [3.05, 3.63) is 22.7 Å². The molecule has 1 aromatic carbocycles. The molecule has 0 unspecified atom stereocenters. The fraction of sp³-hybridized carbons (Fsp3) is 0.571. The highest BCUT2D eigenvalue weighted by molar-refractivity contribution is 9.10. The number of sulfonamides is 1. The Kier molecular flexibility index (Phi) is 3.81. The molecule has 4 nitrogen and oxygen atoms in total. The van der Waals surface area contributed by atoms with Gasteiger partial charge in [-0.1, -0.05) is 15.9 Å². The molecular formula is C14H18BrNO3S. The summed E-state index contributed by atoms with van der Waals surface area (Å²) in [5.74, 6) is 0.957. The van der Waals surface area contributed by atoms with E-state index in [-0.39, 0.29) is 10.9 Å². The van der Waals surface area contributed by atoms with Gasteiger partial charge < -0.3 is 4.74 Å². The Balaban J connectivity index is 1.98. The lowest BCUT2D eigenvalue weighted by molar-refractivity contribution is 0.376. The van der Waals surface area contributed by atoms with Crippen LogP contribution in [-0.2, 0) is 10.0 Å². The highest BCUT2D eigenvalue weighted by Crippen LogP contribution is 2.40. The van der Waals surface area contributed by atoms with Gasteiger partial charge >= 0.3 is 0 Å². The SMILES string of the molecule is COc1ccc(Br)cc1S(=O)(=O)N(CC1CC1)C1CC1. The second-order valence-electron chi connectivity index (χ2n) is 5.54. The predicted octanol–water partition coefficient (Wildman–Crippen LogP) is 3.02. The second kappa shape index (κ2) is 5.31. The van der Waals surface area contributed by atoms with Gasteiger partial charge in [0.1, 0.15) is 10.6 Å². The number of rotatable bonds is 6. The first-order valence-electron chi connectivity index (χ1n) is 6.88. The van der Waals surface area contributed by atoms with Gasteiger partial charge in [-0.05, 0) is 49.8 Å². The van der Waals surface area contributed by atoms with Crippen LogP contribution in [0, 0.1) is 5.92 Å². The van der Waals surface area contributed by atoms with Crippen molar-refractivity contribution >= 4 is 26.0 Å². The highest BCUT2D eigenvalue weighted by Gasteiger charge is 2.42. The monoisotopic (exact) mass is 359 g/mol. The Morgan fingerprint density at radius 1 is 1.30 bits per heavy atom. The Labute approximate surface area is 128 Å². The summed E-state index contributed by atoms with van der Waals surface area (Å²) in [6.07, 6.45) is 4.24. The van der Waals surface area contributed by atoms with E-state index in [1.54, 1.807) is 22.5 Å². The molecular weight excluding hydrogens is 342 g/mol. The van der Waals surface area contributed by atoms with Gasteiger partial charge in [0.15, 0.2) is 0 Å². The molecule has 0 radical (unpaired) electrons. The van der Waals surface area contributed by atoms with Crippen LogP contribution in [0.4, 0.5) is 0 Å². The van der Waals surface area contributed by atoms with E-state index >= 15 is 0 Å². The Morgan fingerprint density at radius 3 is 2.55 bits per heavy atom. The van der Waals surface area contributed by atoms with E-state index in [0.29, 0.717) is 18.2 Å². The third-order valence-electron chi connectivity index (χ3n) is 3.80. The second-order valence-corrected chi connectivity index (χ2v) is 8.32. The number of ether oxygens (including phenoxy) is 1. The molecule has 0 spiro atoms. The van der Waals surface area contributed by atoms with Crippen molar-refractivity contribution < 1.29 is 13.2 Å². The van der Waals surface area contributed by atoms with E-state index in [1.165, 1.54) is 7.11 Å². The lowest BCUT2D eigenvalue weighted by atomic mass is 10.3. The summed E-state index contributed by atoms with van der Waals surface area (Å²) in [5, 5.41) is 0. The molecule has 20 heavy (non-hydrogen) atoms. The van der Waals surface area contributed by atoms with Crippen LogP contribution in [0.15, 0.2) is 27.6 Å². The van der Waals surface area contributed by atoms with E-state index in [9.17, 15) is 8.42 Å². The topological polar surface area (TPSA) is 46.6 Å². The van der Waals surface area contributed by atoms with Gasteiger partial charge in [0, 0.05) is 17.1 Å². The van der Waals surface area contributed by atoms with Crippen LogP contribution in [0.1, 0.15) is 25.7 Å². The van der Waals surface area contributed by atoms with Crippen LogP contribution in [0.25, 0.3) is 0 Å². The van der Waals surface area contributed by atoms with E-state index in [2.05, 4.69) is 15.9 Å². The molecule has 0 aromatic heterocycles. The Morgan fingerprint density at radius 2 is 2.00 bits per heavy atom. The number of halogens is 1. The molecule has 0 saturated heterocycles. The van der Waals surface area contributed by atoms with Crippen LogP contribution < -0.4 is 4.74 Å². The van der Waals surface area contributed by atoms with Crippen LogP contribution in [0.2, 0.25) is 0 Å². The van der Waals surface area contributed by atoms with Gasteiger partial charge in [0.25, 0.3) is 0 Å². The smallest absolute Gasteiger partial charge is 0.247 e. The largest absolute Gasteiger partial charge is 0.495 e. The van der Waals surface area contributed by atoms with Crippen LogP contribution in [0.5, 0.6) is 5.75 Å². The van der Waals surface area contributed by atoms with Crippen molar-refractivity contribution in [2.75, 3.05) is 13.7 Å².